The van der Waals surface area contributed by atoms with E-state index in [9.17, 15) is 4.79 Å². The lowest BCUT2D eigenvalue weighted by atomic mass is 9.85. The summed E-state index contributed by atoms with van der Waals surface area (Å²) in [6.07, 6.45) is 7.21. The highest BCUT2D eigenvalue weighted by atomic mass is 35.5. The van der Waals surface area contributed by atoms with Crippen molar-refractivity contribution < 1.29 is 4.79 Å². The largest absolute Gasteiger partial charge is 0.350 e. The molecule has 4 nitrogen and oxygen atoms in total. The second-order valence-corrected chi connectivity index (χ2v) is 6.36. The second kappa shape index (κ2) is 8.60. The minimum atomic E-state index is -0.365. The van der Waals surface area contributed by atoms with Crippen molar-refractivity contribution in [3.63, 3.8) is 0 Å². The SMILES string of the molecule is Cc1ncsc1CNC(=O)C(N)CC1CCCCC1.Cl. The van der Waals surface area contributed by atoms with Crippen molar-refractivity contribution in [2.75, 3.05) is 0 Å². The van der Waals surface area contributed by atoms with Crippen LogP contribution in [0.15, 0.2) is 5.51 Å². The maximum atomic E-state index is 12.0. The highest BCUT2D eigenvalue weighted by molar-refractivity contribution is 7.09. The zero-order valence-electron chi connectivity index (χ0n) is 11.9. The quantitative estimate of drug-likeness (QED) is 0.877. The van der Waals surface area contributed by atoms with E-state index < -0.39 is 0 Å². The Balaban J connectivity index is 0.00000200. The minimum Gasteiger partial charge on any atom is -0.350 e. The lowest BCUT2D eigenvalue weighted by Crippen LogP contribution is -2.41. The number of carbonyl (C=O) groups excluding carboxylic acids is 1. The van der Waals surface area contributed by atoms with Crippen molar-refractivity contribution in [2.45, 2.75) is 58.0 Å². The topological polar surface area (TPSA) is 68.0 Å². The molecular formula is C14H24ClN3OS. The molecule has 0 spiro atoms. The van der Waals surface area contributed by atoms with Crippen LogP contribution in [0.1, 0.15) is 49.1 Å². The number of rotatable bonds is 5. The first-order chi connectivity index (χ1) is 9.16. The van der Waals surface area contributed by atoms with Crippen LogP contribution in [0.2, 0.25) is 0 Å². The van der Waals surface area contributed by atoms with Crippen molar-refractivity contribution in [2.24, 2.45) is 11.7 Å². The average molecular weight is 318 g/mol. The van der Waals surface area contributed by atoms with Gasteiger partial charge in [0.15, 0.2) is 0 Å². The lowest BCUT2D eigenvalue weighted by molar-refractivity contribution is -0.122. The van der Waals surface area contributed by atoms with E-state index in [-0.39, 0.29) is 24.4 Å². The number of aryl methyl sites for hydroxylation is 1. The monoisotopic (exact) mass is 317 g/mol. The molecule has 2 rings (SSSR count). The van der Waals surface area contributed by atoms with Crippen LogP contribution in [0.25, 0.3) is 0 Å². The number of nitrogens with two attached hydrogens (primary N) is 1. The smallest absolute Gasteiger partial charge is 0.237 e. The first-order valence-electron chi connectivity index (χ1n) is 7.09. The number of nitrogens with zero attached hydrogens (tertiary/aromatic N) is 1. The van der Waals surface area contributed by atoms with E-state index in [1.807, 2.05) is 6.92 Å². The number of carbonyl (C=O) groups is 1. The molecule has 1 aliphatic rings. The third kappa shape index (κ3) is 5.04. The summed E-state index contributed by atoms with van der Waals surface area (Å²) in [5, 5.41) is 2.92. The molecular weight excluding hydrogens is 294 g/mol. The Morgan fingerprint density at radius 2 is 2.20 bits per heavy atom. The molecule has 1 unspecified atom stereocenters. The Bertz CT molecular complexity index is 418. The summed E-state index contributed by atoms with van der Waals surface area (Å²) in [5.41, 5.74) is 8.80. The summed E-state index contributed by atoms with van der Waals surface area (Å²) in [6, 6.07) is -0.365. The fraction of sp³-hybridized carbons (Fsp3) is 0.714. The van der Waals surface area contributed by atoms with Crippen LogP contribution >= 0.6 is 23.7 Å². The zero-order chi connectivity index (χ0) is 13.7. The summed E-state index contributed by atoms with van der Waals surface area (Å²) >= 11 is 1.57. The van der Waals surface area contributed by atoms with Gasteiger partial charge in [0.1, 0.15) is 0 Å². The first kappa shape index (κ1) is 17.4. The molecule has 1 aromatic heterocycles. The van der Waals surface area contributed by atoms with Gasteiger partial charge in [-0.25, -0.2) is 4.98 Å². The number of aromatic nitrogens is 1. The molecule has 1 saturated carbocycles. The van der Waals surface area contributed by atoms with Gasteiger partial charge in [0.05, 0.1) is 23.8 Å². The van der Waals surface area contributed by atoms with Crippen LogP contribution in [0, 0.1) is 12.8 Å². The maximum Gasteiger partial charge on any atom is 0.237 e. The predicted octanol–water partition coefficient (Wildman–Crippen LogP) is 2.79. The van der Waals surface area contributed by atoms with Crippen molar-refractivity contribution in [3.8, 4) is 0 Å². The van der Waals surface area contributed by atoms with E-state index in [0.717, 1.165) is 17.0 Å². The fourth-order valence-corrected chi connectivity index (χ4v) is 3.40. The Hall–Kier alpha value is -0.650. The predicted molar refractivity (Wildman–Crippen MR) is 85.1 cm³/mol. The Morgan fingerprint density at radius 1 is 1.50 bits per heavy atom. The van der Waals surface area contributed by atoms with Crippen molar-refractivity contribution in [3.05, 3.63) is 16.1 Å². The molecule has 6 heteroatoms. The molecule has 0 aromatic carbocycles. The van der Waals surface area contributed by atoms with Gasteiger partial charge in [0.25, 0.3) is 0 Å². The standard InChI is InChI=1S/C14H23N3OS.ClH/c1-10-13(19-9-17-10)8-16-14(18)12(15)7-11-5-3-2-4-6-11;/h9,11-12H,2-8,15H2,1H3,(H,16,18);1H. The van der Waals surface area contributed by atoms with E-state index >= 15 is 0 Å². The average Bonchev–Trinajstić information content (AvgIpc) is 2.82. The van der Waals surface area contributed by atoms with Gasteiger partial charge in [-0.05, 0) is 19.3 Å². The number of hydrogen-bond acceptors (Lipinski definition) is 4. The van der Waals surface area contributed by atoms with Gasteiger partial charge in [-0.2, -0.15) is 0 Å². The molecule has 0 radical (unpaired) electrons. The third-order valence-corrected chi connectivity index (χ3v) is 4.85. The molecule has 20 heavy (non-hydrogen) atoms. The number of thiazole rings is 1. The van der Waals surface area contributed by atoms with Crippen LogP contribution in [-0.2, 0) is 11.3 Å². The number of halogens is 1. The minimum absolute atomic E-state index is 0. The Morgan fingerprint density at radius 3 is 2.80 bits per heavy atom. The van der Waals surface area contributed by atoms with Crippen molar-refractivity contribution in [1.29, 1.82) is 0 Å². The number of amides is 1. The summed E-state index contributed by atoms with van der Waals surface area (Å²) in [6.45, 7) is 2.51. The summed E-state index contributed by atoms with van der Waals surface area (Å²) in [7, 11) is 0. The van der Waals surface area contributed by atoms with E-state index in [2.05, 4.69) is 10.3 Å². The van der Waals surface area contributed by atoms with Gasteiger partial charge < -0.3 is 11.1 Å². The second-order valence-electron chi connectivity index (χ2n) is 5.42. The van der Waals surface area contributed by atoms with E-state index in [4.69, 9.17) is 5.73 Å². The van der Waals surface area contributed by atoms with Crippen LogP contribution < -0.4 is 11.1 Å². The van der Waals surface area contributed by atoms with Crippen molar-refractivity contribution in [1.82, 2.24) is 10.3 Å². The van der Waals surface area contributed by atoms with Crippen LogP contribution in [0.3, 0.4) is 0 Å². The van der Waals surface area contributed by atoms with Gasteiger partial charge in [-0.3, -0.25) is 4.79 Å². The molecule has 1 amide bonds. The summed E-state index contributed by atoms with van der Waals surface area (Å²) in [5.74, 6) is 0.609. The highest BCUT2D eigenvalue weighted by Gasteiger charge is 2.21. The van der Waals surface area contributed by atoms with Gasteiger partial charge >= 0.3 is 0 Å². The van der Waals surface area contributed by atoms with Crippen LogP contribution in [0.4, 0.5) is 0 Å². The molecule has 1 aromatic rings. The summed E-state index contributed by atoms with van der Waals surface area (Å²) < 4.78 is 0. The number of nitrogens with one attached hydrogen (secondary N) is 1. The van der Waals surface area contributed by atoms with Crippen molar-refractivity contribution >= 4 is 29.7 Å². The van der Waals surface area contributed by atoms with Gasteiger partial charge in [-0.15, -0.1) is 23.7 Å². The lowest BCUT2D eigenvalue weighted by Gasteiger charge is -2.24. The molecule has 0 saturated heterocycles. The molecule has 1 atom stereocenters. The van der Waals surface area contributed by atoms with E-state index in [1.165, 1.54) is 32.1 Å². The van der Waals surface area contributed by atoms with E-state index in [1.54, 1.807) is 16.8 Å². The maximum absolute atomic E-state index is 12.0. The van der Waals surface area contributed by atoms with Crippen LogP contribution in [-0.4, -0.2) is 16.9 Å². The first-order valence-corrected chi connectivity index (χ1v) is 7.97. The normalized spacial score (nSPS) is 17.3. The fourth-order valence-electron chi connectivity index (χ4n) is 2.68. The zero-order valence-corrected chi connectivity index (χ0v) is 13.6. The molecule has 0 bridgehead atoms. The Labute approximate surface area is 131 Å². The highest BCUT2D eigenvalue weighted by Crippen LogP contribution is 2.26. The molecule has 1 aliphatic carbocycles. The van der Waals surface area contributed by atoms with Gasteiger partial charge in [0.2, 0.25) is 5.91 Å². The number of hydrogen-bond donors (Lipinski definition) is 2. The molecule has 3 N–H and O–H groups in total. The Kier molecular flexibility index (Phi) is 7.48. The molecule has 0 aliphatic heterocycles. The molecule has 1 fully saturated rings. The summed E-state index contributed by atoms with van der Waals surface area (Å²) in [4.78, 5) is 17.2. The van der Waals surface area contributed by atoms with Gasteiger partial charge in [-0.1, -0.05) is 32.1 Å². The van der Waals surface area contributed by atoms with Crippen LogP contribution in [0.5, 0.6) is 0 Å². The molecule has 1 heterocycles. The third-order valence-electron chi connectivity index (χ3n) is 3.92. The van der Waals surface area contributed by atoms with Gasteiger partial charge in [0, 0.05) is 4.88 Å². The molecule has 114 valence electrons. The van der Waals surface area contributed by atoms with E-state index in [0.29, 0.717) is 12.5 Å².